The smallest absolute Gasteiger partial charge is 0.246 e. The predicted molar refractivity (Wildman–Crippen MR) is 283 cm³/mol. The molecule has 74 heavy (non-hydrogen) atoms. The fourth-order valence-corrected chi connectivity index (χ4v) is 15.8. The summed E-state index contributed by atoms with van der Waals surface area (Å²) >= 11 is 3.26. The van der Waals surface area contributed by atoms with E-state index >= 15 is 0 Å². The fraction of sp³-hybridized carbons (Fsp3) is 0.630. The van der Waals surface area contributed by atoms with Crippen molar-refractivity contribution in [1.82, 2.24) is 51.5 Å². The molecule has 0 saturated carbocycles. The number of nitrogens with one attached hydrogen (secondary N) is 6. The molecule has 6 N–H and O–H groups in total. The largest absolute Gasteiger partial charge is 0.347 e. The van der Waals surface area contributed by atoms with E-state index in [4.69, 9.17) is 0 Å². The van der Waals surface area contributed by atoms with E-state index in [-0.39, 0.29) is 84.2 Å². The van der Waals surface area contributed by atoms with Crippen molar-refractivity contribution in [1.29, 1.82) is 0 Å². The standard InChI is InChI=1S/C54H74N10O8S2/c1-29(55-7)45(65)57-37-17-23-73-39-27-53(3,4)43(63(39)51(37)71)47(67)59-41-33-15-11-9-13-31(33)25-35(41)49(69)61-19-21-62(22-20-61)50(70)36-26-32-14-10-12-16-34(32)42(36)60-48(68)44-54(5,6)28-40-64(44)52(72)38(18-24-74-40)58-46(66)30(2)56-8/h9-16,29-30,35-44,55-56H,17-28H2,1-8H3,(H,57,65)(H,58,66)(H,59,67)(H,60,68)/t29-,30-,35+,36+,37-,38?,39-,40?,41-,42-,43+,44?/m0/s1. The molecule has 5 heterocycles. The molecule has 20 heteroatoms. The Kier molecular flexibility index (Phi) is 15.5. The lowest BCUT2D eigenvalue weighted by Crippen LogP contribution is -2.59. The highest BCUT2D eigenvalue weighted by atomic mass is 32.2. The highest BCUT2D eigenvalue weighted by molar-refractivity contribution is 8.00. The van der Waals surface area contributed by atoms with Crippen LogP contribution in [0.25, 0.3) is 0 Å². The number of benzene rings is 2. The van der Waals surface area contributed by atoms with Gasteiger partial charge in [-0.3, -0.25) is 38.4 Å². The topological polar surface area (TPSA) is 222 Å². The van der Waals surface area contributed by atoms with E-state index in [0.717, 1.165) is 22.3 Å². The Bertz CT molecular complexity index is 2380. The molecular weight excluding hydrogens is 981 g/mol. The second-order valence-electron chi connectivity index (χ2n) is 22.7. The summed E-state index contributed by atoms with van der Waals surface area (Å²) in [5, 5.41) is 17.8. The summed E-state index contributed by atoms with van der Waals surface area (Å²) in [5.74, 6) is -1.99. The zero-order valence-corrected chi connectivity index (χ0v) is 45.5. The van der Waals surface area contributed by atoms with Crippen molar-refractivity contribution < 1.29 is 38.4 Å². The van der Waals surface area contributed by atoms with E-state index in [1.165, 1.54) is 0 Å². The number of piperazine rings is 1. The van der Waals surface area contributed by atoms with Crippen LogP contribution in [-0.2, 0) is 51.2 Å². The Hall–Kier alpha value is -5.18. The Morgan fingerprint density at radius 3 is 1.30 bits per heavy atom. The summed E-state index contributed by atoms with van der Waals surface area (Å²) in [7, 11) is 3.37. The lowest BCUT2D eigenvalue weighted by atomic mass is 9.83. The number of likely N-dealkylation sites (N-methyl/N-ethyl adjacent to an activating group) is 2. The van der Waals surface area contributed by atoms with Gasteiger partial charge >= 0.3 is 0 Å². The normalized spacial score (nSPS) is 30.7. The molecule has 7 aliphatic rings. The molecule has 5 fully saturated rings. The van der Waals surface area contributed by atoms with Crippen LogP contribution in [0.5, 0.6) is 0 Å². The number of carbonyl (C=O) groups is 8. The average molecular weight is 1060 g/mol. The van der Waals surface area contributed by atoms with E-state index in [1.54, 1.807) is 71.1 Å². The highest BCUT2D eigenvalue weighted by Gasteiger charge is 2.57. The molecule has 3 unspecified atom stereocenters. The van der Waals surface area contributed by atoms with Crippen LogP contribution < -0.4 is 31.9 Å². The molecule has 2 aromatic rings. The van der Waals surface area contributed by atoms with Gasteiger partial charge in [0.25, 0.3) is 0 Å². The molecule has 0 spiro atoms. The van der Waals surface area contributed by atoms with Gasteiger partial charge in [0, 0.05) is 26.2 Å². The third kappa shape index (κ3) is 10.2. The first-order valence-electron chi connectivity index (χ1n) is 26.4. The van der Waals surface area contributed by atoms with Crippen LogP contribution in [0.1, 0.15) is 102 Å². The van der Waals surface area contributed by atoms with Gasteiger partial charge in [0.1, 0.15) is 24.2 Å². The second-order valence-corrected chi connectivity index (χ2v) is 25.3. The first kappa shape index (κ1) is 53.6. The van der Waals surface area contributed by atoms with Crippen LogP contribution in [0.2, 0.25) is 0 Å². The molecule has 12 atom stereocenters. The molecule has 400 valence electrons. The van der Waals surface area contributed by atoms with E-state index in [2.05, 4.69) is 31.9 Å². The molecular formula is C54H74N10O8S2. The number of nitrogens with zero attached hydrogens (tertiary/aromatic N) is 4. The van der Waals surface area contributed by atoms with Crippen molar-refractivity contribution in [3.8, 4) is 0 Å². The number of thioether (sulfide) groups is 2. The maximum Gasteiger partial charge on any atom is 0.246 e. The first-order valence-corrected chi connectivity index (χ1v) is 28.5. The van der Waals surface area contributed by atoms with E-state index in [1.807, 2.05) is 76.2 Å². The molecule has 2 aliphatic carbocycles. The number of amides is 8. The Labute approximate surface area is 443 Å². The first-order chi connectivity index (χ1) is 35.2. The number of carbonyl (C=O) groups excluding carboxylic acids is 8. The molecule has 5 saturated heterocycles. The molecule has 18 nitrogen and oxygen atoms in total. The van der Waals surface area contributed by atoms with Crippen molar-refractivity contribution in [2.45, 2.75) is 139 Å². The summed E-state index contributed by atoms with van der Waals surface area (Å²) in [4.78, 5) is 121. The van der Waals surface area contributed by atoms with Crippen molar-refractivity contribution in [2.24, 2.45) is 22.7 Å². The van der Waals surface area contributed by atoms with Crippen LogP contribution in [0.4, 0.5) is 0 Å². The molecule has 5 aliphatic heterocycles. The Morgan fingerprint density at radius 2 is 0.932 bits per heavy atom. The maximum absolute atomic E-state index is 14.8. The zero-order chi connectivity index (χ0) is 53.0. The number of hydrogen-bond acceptors (Lipinski definition) is 12. The monoisotopic (exact) mass is 1050 g/mol. The van der Waals surface area contributed by atoms with E-state index < -0.39 is 71.0 Å². The quantitative estimate of drug-likeness (QED) is 0.180. The van der Waals surface area contributed by atoms with Gasteiger partial charge in [0.05, 0.1) is 46.8 Å². The third-order valence-corrected chi connectivity index (χ3v) is 19.5. The third-order valence-electron chi connectivity index (χ3n) is 17.0. The van der Waals surface area contributed by atoms with Crippen LogP contribution >= 0.6 is 23.5 Å². The number of fused-ring (bicyclic) bond motifs is 4. The second kappa shape index (κ2) is 21.4. The summed E-state index contributed by atoms with van der Waals surface area (Å²) in [5.41, 5.74) is 2.45. The Balaban J connectivity index is 0.880. The van der Waals surface area contributed by atoms with Crippen molar-refractivity contribution >= 4 is 70.8 Å². The van der Waals surface area contributed by atoms with Gasteiger partial charge < -0.3 is 51.5 Å². The predicted octanol–water partition coefficient (Wildman–Crippen LogP) is 2.08. The van der Waals surface area contributed by atoms with Gasteiger partial charge in [-0.05, 0) is 111 Å². The fourth-order valence-electron chi connectivity index (χ4n) is 12.6. The number of rotatable bonds is 12. The minimum Gasteiger partial charge on any atom is -0.347 e. The van der Waals surface area contributed by atoms with Crippen LogP contribution in [0.3, 0.4) is 0 Å². The van der Waals surface area contributed by atoms with Gasteiger partial charge in [-0.15, -0.1) is 23.5 Å². The van der Waals surface area contributed by atoms with Crippen LogP contribution in [0.15, 0.2) is 48.5 Å². The van der Waals surface area contributed by atoms with Crippen LogP contribution in [-0.4, -0.2) is 166 Å². The molecule has 2 aromatic carbocycles. The van der Waals surface area contributed by atoms with E-state index in [9.17, 15) is 38.4 Å². The number of hydrogen-bond donors (Lipinski definition) is 6. The summed E-state index contributed by atoms with van der Waals surface area (Å²) in [6, 6.07) is 10.0. The average Bonchev–Trinajstić information content (AvgIpc) is 4.04. The SMILES string of the molecule is CN[C@@H](C)C(=O)NC1CCSC2CC(C)(C)C(C(=O)N[C@H]3c4ccccc4C[C@H]3C(=O)N3CCN(C(=O)[C@@H]4Cc5ccccc5[C@@H]4NC(=O)[C@H]4N5C(=O)[C@@H](NC(=O)[C@H](C)NC)CCS[C@H]5CC4(C)C)CC3)N2C1=O. The lowest BCUT2D eigenvalue weighted by molar-refractivity contribution is -0.147. The minimum absolute atomic E-state index is 0.125. The molecule has 8 amide bonds. The van der Waals surface area contributed by atoms with Crippen molar-refractivity contribution in [3.05, 3.63) is 70.8 Å². The van der Waals surface area contributed by atoms with Crippen molar-refractivity contribution in [2.75, 3.05) is 51.8 Å². The van der Waals surface area contributed by atoms with Gasteiger partial charge in [-0.2, -0.15) is 0 Å². The summed E-state index contributed by atoms with van der Waals surface area (Å²) < 4.78 is 0. The van der Waals surface area contributed by atoms with E-state index in [0.29, 0.717) is 50.0 Å². The Morgan fingerprint density at radius 1 is 0.568 bits per heavy atom. The lowest BCUT2D eigenvalue weighted by Gasteiger charge is -2.39. The molecule has 0 radical (unpaired) electrons. The van der Waals surface area contributed by atoms with Crippen molar-refractivity contribution in [3.63, 3.8) is 0 Å². The summed E-state index contributed by atoms with van der Waals surface area (Å²) in [6.07, 6.45) is 2.93. The molecule has 0 aromatic heterocycles. The van der Waals surface area contributed by atoms with Crippen LogP contribution in [0, 0.1) is 22.7 Å². The molecule has 9 rings (SSSR count). The summed E-state index contributed by atoms with van der Waals surface area (Å²) in [6.45, 7) is 12.6. The van der Waals surface area contributed by atoms with Gasteiger partial charge in [-0.1, -0.05) is 76.2 Å². The minimum atomic E-state index is -0.837. The molecule has 0 bridgehead atoms. The van der Waals surface area contributed by atoms with Gasteiger partial charge in [0.15, 0.2) is 0 Å². The van der Waals surface area contributed by atoms with Gasteiger partial charge in [-0.25, -0.2) is 0 Å². The maximum atomic E-state index is 14.8. The van der Waals surface area contributed by atoms with Gasteiger partial charge in [0.2, 0.25) is 47.3 Å². The zero-order valence-electron chi connectivity index (χ0n) is 43.9. The highest BCUT2D eigenvalue weighted by Crippen LogP contribution is 2.49.